The Bertz CT molecular complexity index is 185. The molecule has 1 unspecified atom stereocenters. The summed E-state index contributed by atoms with van der Waals surface area (Å²) in [5.74, 6) is 0.525. The molecule has 1 atom stereocenters. The van der Waals surface area contributed by atoms with Gasteiger partial charge >= 0.3 is 0 Å². The van der Waals surface area contributed by atoms with E-state index in [-0.39, 0.29) is 17.4 Å². The Labute approximate surface area is 94.8 Å². The molecule has 0 aromatic rings. The molecular formula is C13H27NO. The summed E-state index contributed by atoms with van der Waals surface area (Å²) in [6.45, 7) is 10.0. The first kappa shape index (κ1) is 14.5. The van der Waals surface area contributed by atoms with E-state index in [1.807, 2.05) is 34.6 Å². The molecule has 2 rings (SSSR count). The Morgan fingerprint density at radius 2 is 1.67 bits per heavy atom. The average molecular weight is 213 g/mol. The van der Waals surface area contributed by atoms with Gasteiger partial charge in [-0.15, -0.1) is 0 Å². The summed E-state index contributed by atoms with van der Waals surface area (Å²) in [5, 5.41) is 3.14. The fourth-order valence-electron chi connectivity index (χ4n) is 2.05. The Hall–Kier alpha value is -0.530. The lowest BCUT2D eigenvalue weighted by Crippen LogP contribution is -2.58. The van der Waals surface area contributed by atoms with Crippen LogP contribution in [0.25, 0.3) is 0 Å². The van der Waals surface area contributed by atoms with Crippen LogP contribution in [-0.4, -0.2) is 11.4 Å². The lowest BCUT2D eigenvalue weighted by molar-refractivity contribution is -0.131. The fourth-order valence-corrected chi connectivity index (χ4v) is 2.05. The maximum atomic E-state index is 11.3. The first-order valence-electron chi connectivity index (χ1n) is 6.54. The van der Waals surface area contributed by atoms with E-state index in [0.717, 1.165) is 6.42 Å². The maximum absolute atomic E-state index is 11.3. The first-order valence-corrected chi connectivity index (χ1v) is 6.54. The number of nitrogens with one attached hydrogen (secondary N) is 1. The van der Waals surface area contributed by atoms with Gasteiger partial charge in [0, 0.05) is 11.5 Å². The standard InChI is InChI=1S/C9H15NO.2C2H6/c1-7-3-6-9(4-2-5-9)10-8(7)11;2*1-2/h7H,2-6H2,1H3,(H,10,11);2*1-2H3. The summed E-state index contributed by atoms with van der Waals surface area (Å²) in [5.41, 5.74) is 0.254. The maximum Gasteiger partial charge on any atom is 0.223 e. The van der Waals surface area contributed by atoms with Gasteiger partial charge in [-0.05, 0) is 32.1 Å². The van der Waals surface area contributed by atoms with E-state index in [0.29, 0.717) is 0 Å². The number of hydrogen-bond donors (Lipinski definition) is 1. The van der Waals surface area contributed by atoms with Crippen LogP contribution in [0.1, 0.15) is 66.7 Å². The highest BCUT2D eigenvalue weighted by atomic mass is 16.2. The molecule has 1 N–H and O–H groups in total. The smallest absolute Gasteiger partial charge is 0.223 e. The van der Waals surface area contributed by atoms with Gasteiger partial charge in [0.15, 0.2) is 0 Å². The number of carbonyl (C=O) groups excluding carboxylic acids is 1. The van der Waals surface area contributed by atoms with E-state index in [2.05, 4.69) is 5.32 Å². The summed E-state index contributed by atoms with van der Waals surface area (Å²) in [6, 6.07) is 0. The van der Waals surface area contributed by atoms with Crippen molar-refractivity contribution in [2.24, 2.45) is 5.92 Å². The Morgan fingerprint density at radius 3 is 2.00 bits per heavy atom. The molecule has 2 nitrogen and oxygen atoms in total. The molecule has 1 spiro atoms. The molecule has 0 aromatic carbocycles. The number of carbonyl (C=O) groups is 1. The van der Waals surface area contributed by atoms with Crippen molar-refractivity contribution in [2.75, 3.05) is 0 Å². The molecule has 1 aliphatic carbocycles. The van der Waals surface area contributed by atoms with Gasteiger partial charge in [0.25, 0.3) is 0 Å². The van der Waals surface area contributed by atoms with Crippen molar-refractivity contribution in [3.8, 4) is 0 Å². The molecule has 2 heteroatoms. The van der Waals surface area contributed by atoms with Gasteiger partial charge in [0.05, 0.1) is 0 Å². The minimum absolute atomic E-state index is 0.251. The van der Waals surface area contributed by atoms with Gasteiger partial charge < -0.3 is 5.32 Å². The van der Waals surface area contributed by atoms with Crippen LogP contribution >= 0.6 is 0 Å². The van der Waals surface area contributed by atoms with Crippen LogP contribution in [0.4, 0.5) is 0 Å². The topological polar surface area (TPSA) is 29.1 Å². The predicted octanol–water partition coefficient (Wildman–Crippen LogP) is 3.51. The monoisotopic (exact) mass is 213 g/mol. The summed E-state index contributed by atoms with van der Waals surface area (Å²) >= 11 is 0. The van der Waals surface area contributed by atoms with Crippen LogP contribution < -0.4 is 5.32 Å². The summed E-state index contributed by atoms with van der Waals surface area (Å²) in [6.07, 6.45) is 6.03. The minimum atomic E-state index is 0.251. The van der Waals surface area contributed by atoms with Crippen LogP contribution in [0.2, 0.25) is 0 Å². The zero-order chi connectivity index (χ0) is 11.9. The third-order valence-corrected chi connectivity index (χ3v) is 3.20. The van der Waals surface area contributed by atoms with Crippen molar-refractivity contribution >= 4 is 5.91 Å². The predicted molar refractivity (Wildman–Crippen MR) is 65.8 cm³/mol. The second kappa shape index (κ2) is 6.86. The van der Waals surface area contributed by atoms with Gasteiger partial charge in [0.2, 0.25) is 5.91 Å². The molecule has 0 aromatic heterocycles. The van der Waals surface area contributed by atoms with Crippen molar-refractivity contribution in [1.29, 1.82) is 0 Å². The quantitative estimate of drug-likeness (QED) is 0.655. The van der Waals surface area contributed by atoms with E-state index < -0.39 is 0 Å². The third kappa shape index (κ3) is 3.51. The number of piperidine rings is 1. The van der Waals surface area contributed by atoms with Crippen molar-refractivity contribution in [1.82, 2.24) is 5.32 Å². The number of amides is 1. The molecule has 1 saturated heterocycles. The molecule has 1 amide bonds. The number of hydrogen-bond acceptors (Lipinski definition) is 1. The van der Waals surface area contributed by atoms with Gasteiger partial charge in [0.1, 0.15) is 0 Å². The Morgan fingerprint density at radius 1 is 1.13 bits per heavy atom. The van der Waals surface area contributed by atoms with Crippen molar-refractivity contribution < 1.29 is 4.79 Å². The lowest BCUT2D eigenvalue weighted by Gasteiger charge is -2.46. The molecular weight excluding hydrogens is 186 g/mol. The summed E-state index contributed by atoms with van der Waals surface area (Å²) in [4.78, 5) is 11.3. The molecule has 15 heavy (non-hydrogen) atoms. The van der Waals surface area contributed by atoms with Crippen LogP contribution in [-0.2, 0) is 4.79 Å². The lowest BCUT2D eigenvalue weighted by atomic mass is 9.70. The SMILES string of the molecule is CC.CC.CC1CCC2(CCC2)NC1=O. The van der Waals surface area contributed by atoms with Gasteiger partial charge in [-0.25, -0.2) is 0 Å². The average Bonchev–Trinajstić information content (AvgIpc) is 2.26. The van der Waals surface area contributed by atoms with E-state index in [1.54, 1.807) is 0 Å². The van der Waals surface area contributed by atoms with Crippen LogP contribution in [0.3, 0.4) is 0 Å². The van der Waals surface area contributed by atoms with E-state index in [4.69, 9.17) is 0 Å². The van der Waals surface area contributed by atoms with Crippen LogP contribution in [0.15, 0.2) is 0 Å². The number of rotatable bonds is 0. The molecule has 2 aliphatic rings. The molecule has 1 aliphatic heterocycles. The highest BCUT2D eigenvalue weighted by Gasteiger charge is 2.42. The minimum Gasteiger partial charge on any atom is -0.350 e. The zero-order valence-corrected chi connectivity index (χ0v) is 11.0. The highest BCUT2D eigenvalue weighted by molar-refractivity contribution is 5.80. The third-order valence-electron chi connectivity index (χ3n) is 3.20. The highest BCUT2D eigenvalue weighted by Crippen LogP contribution is 2.39. The second-order valence-electron chi connectivity index (χ2n) is 4.06. The molecule has 90 valence electrons. The van der Waals surface area contributed by atoms with Crippen molar-refractivity contribution in [3.05, 3.63) is 0 Å². The normalized spacial score (nSPS) is 26.2. The molecule has 1 saturated carbocycles. The molecule has 2 fully saturated rings. The zero-order valence-electron chi connectivity index (χ0n) is 11.0. The van der Waals surface area contributed by atoms with Gasteiger partial charge in [-0.2, -0.15) is 0 Å². The van der Waals surface area contributed by atoms with Crippen LogP contribution in [0.5, 0.6) is 0 Å². The van der Waals surface area contributed by atoms with Crippen molar-refractivity contribution in [3.63, 3.8) is 0 Å². The van der Waals surface area contributed by atoms with E-state index in [9.17, 15) is 4.79 Å². The second-order valence-corrected chi connectivity index (χ2v) is 4.06. The molecule has 0 bridgehead atoms. The molecule has 0 radical (unpaired) electrons. The first-order chi connectivity index (χ1) is 7.22. The summed E-state index contributed by atoms with van der Waals surface area (Å²) in [7, 11) is 0. The Balaban J connectivity index is 0.000000442. The van der Waals surface area contributed by atoms with Crippen LogP contribution in [0, 0.1) is 5.92 Å². The van der Waals surface area contributed by atoms with E-state index in [1.165, 1.54) is 25.7 Å². The van der Waals surface area contributed by atoms with Crippen molar-refractivity contribution in [2.45, 2.75) is 72.3 Å². The van der Waals surface area contributed by atoms with Gasteiger partial charge in [-0.3, -0.25) is 4.79 Å². The fraction of sp³-hybridized carbons (Fsp3) is 0.923. The molecule has 1 heterocycles. The summed E-state index contributed by atoms with van der Waals surface area (Å²) < 4.78 is 0. The van der Waals surface area contributed by atoms with Gasteiger partial charge in [-0.1, -0.05) is 34.6 Å². The van der Waals surface area contributed by atoms with E-state index >= 15 is 0 Å². The Kier molecular flexibility index (Phi) is 6.62. The largest absolute Gasteiger partial charge is 0.350 e.